The molecule has 0 bridgehead atoms. The number of nitrogens with zero attached hydrogens (tertiary/aromatic N) is 6. The summed E-state index contributed by atoms with van der Waals surface area (Å²) in [6.07, 6.45) is 9.25. The lowest BCUT2D eigenvalue weighted by molar-refractivity contribution is 0.0866. The molecule has 1 atom stereocenters. The maximum atomic E-state index is 13.9. The summed E-state index contributed by atoms with van der Waals surface area (Å²) in [5.41, 5.74) is 5.27. The number of likely N-dealkylation sites (tertiary alicyclic amines) is 1. The fourth-order valence-corrected chi connectivity index (χ4v) is 6.79. The Balaban J connectivity index is 1.33. The van der Waals surface area contributed by atoms with E-state index in [9.17, 15) is 9.65 Å². The molecule has 2 aromatic carbocycles. The minimum atomic E-state index is -0.520. The van der Waals surface area contributed by atoms with Crippen LogP contribution in [0.3, 0.4) is 0 Å². The van der Waals surface area contributed by atoms with Crippen LogP contribution in [0.1, 0.15) is 68.8 Å². The summed E-state index contributed by atoms with van der Waals surface area (Å²) in [6, 6.07) is 10.8. The summed E-state index contributed by atoms with van der Waals surface area (Å²) < 4.78 is 21.5. The Hall–Kier alpha value is -3.55. The van der Waals surface area contributed by atoms with E-state index < -0.39 is 5.82 Å². The number of hydrogen-bond donors (Lipinski definition) is 1. The lowest BCUT2D eigenvalue weighted by atomic mass is 9.86. The van der Waals surface area contributed by atoms with Gasteiger partial charge in [-0.1, -0.05) is 40.1 Å². The summed E-state index contributed by atoms with van der Waals surface area (Å²) >= 11 is 12.9. The molecule has 45 heavy (non-hydrogen) atoms. The van der Waals surface area contributed by atoms with Crippen LogP contribution in [0.2, 0.25) is 10.0 Å². The third kappa shape index (κ3) is 6.85. The maximum absolute atomic E-state index is 13.9. The zero-order valence-electron chi connectivity index (χ0n) is 25.7. The number of ether oxygens (including phenoxy) is 1. The van der Waals surface area contributed by atoms with Gasteiger partial charge >= 0.3 is 0 Å². The molecule has 4 heterocycles. The summed E-state index contributed by atoms with van der Waals surface area (Å²) in [4.78, 5) is 7.02. The van der Waals surface area contributed by atoms with E-state index >= 15 is 0 Å². The second-order valence-corrected chi connectivity index (χ2v) is 13.6. The number of pyridine rings is 1. The molecule has 0 amide bonds. The van der Waals surface area contributed by atoms with Crippen molar-refractivity contribution in [3.63, 3.8) is 0 Å². The largest absolute Gasteiger partial charge is 0.377 e. The van der Waals surface area contributed by atoms with Crippen molar-refractivity contribution >= 4 is 45.5 Å². The molecule has 234 valence electrons. The Bertz CT molecular complexity index is 1780. The molecule has 0 radical (unpaired) electrons. The maximum Gasteiger partial charge on any atom is 0.141 e. The van der Waals surface area contributed by atoms with Crippen LogP contribution in [0.15, 0.2) is 54.4 Å². The monoisotopic (exact) mass is 647 g/mol. The first-order valence-corrected chi connectivity index (χ1v) is 16.0. The van der Waals surface area contributed by atoms with E-state index in [1.807, 2.05) is 12.1 Å². The van der Waals surface area contributed by atoms with Gasteiger partial charge in [0.2, 0.25) is 0 Å². The predicted molar refractivity (Wildman–Crippen MR) is 176 cm³/mol. The van der Waals surface area contributed by atoms with E-state index in [4.69, 9.17) is 33.0 Å². The second-order valence-electron chi connectivity index (χ2n) is 12.8. The van der Waals surface area contributed by atoms with Gasteiger partial charge in [-0.15, -0.1) is 5.10 Å². The van der Waals surface area contributed by atoms with Crippen LogP contribution >= 0.6 is 23.2 Å². The number of rotatable bonds is 7. The predicted octanol–water partition coefficient (Wildman–Crippen LogP) is 8.00. The molecule has 0 saturated carbocycles. The van der Waals surface area contributed by atoms with Crippen LogP contribution in [0.4, 0.5) is 15.8 Å². The molecule has 2 aromatic heterocycles. The first-order valence-electron chi connectivity index (χ1n) is 15.3. The highest BCUT2D eigenvalue weighted by atomic mass is 35.5. The molecule has 0 aliphatic carbocycles. The number of aromatic nitrogens is 4. The third-order valence-corrected chi connectivity index (χ3v) is 9.43. The first-order chi connectivity index (χ1) is 21.6. The van der Waals surface area contributed by atoms with E-state index in [2.05, 4.69) is 64.2 Å². The van der Waals surface area contributed by atoms with Crippen LogP contribution in [-0.4, -0.2) is 56.7 Å². The minimum absolute atomic E-state index is 0.0176. The van der Waals surface area contributed by atoms with E-state index in [1.54, 1.807) is 6.07 Å². The van der Waals surface area contributed by atoms with Gasteiger partial charge in [0.25, 0.3) is 0 Å². The number of nitriles is 1. The molecule has 0 spiro atoms. The molecule has 0 unspecified atom stereocenters. The zero-order valence-corrected chi connectivity index (χ0v) is 27.2. The molecular weight excluding hydrogens is 612 g/mol. The molecule has 2 aliphatic heterocycles. The normalized spacial score (nSPS) is 17.2. The van der Waals surface area contributed by atoms with E-state index in [-0.39, 0.29) is 16.5 Å². The molecule has 2 aliphatic rings. The van der Waals surface area contributed by atoms with Crippen molar-refractivity contribution < 1.29 is 9.13 Å². The molecule has 4 aromatic rings. The highest BCUT2D eigenvalue weighted by Gasteiger charge is 2.30. The fourth-order valence-electron chi connectivity index (χ4n) is 6.32. The van der Waals surface area contributed by atoms with Crippen molar-refractivity contribution in [1.82, 2.24) is 24.9 Å². The van der Waals surface area contributed by atoms with Gasteiger partial charge in [-0.25, -0.2) is 9.07 Å². The number of halogens is 3. The van der Waals surface area contributed by atoms with Crippen molar-refractivity contribution in [2.24, 2.45) is 0 Å². The Morgan fingerprint density at radius 1 is 1.16 bits per heavy atom. The number of fused-ring (bicyclic) bond motifs is 1. The molecule has 6 rings (SSSR count). The Morgan fingerprint density at radius 3 is 2.64 bits per heavy atom. The van der Waals surface area contributed by atoms with Crippen LogP contribution in [0.5, 0.6) is 0 Å². The van der Waals surface area contributed by atoms with E-state index in [0.29, 0.717) is 58.5 Å². The summed E-state index contributed by atoms with van der Waals surface area (Å²) in [6.45, 7) is 10.1. The third-order valence-electron chi connectivity index (χ3n) is 8.85. The standard InChI is InChI=1S/C34H36Cl2FN7O/c1-34(2,3)43-10-6-25(7-11-43)44-20-31(41-42-44)26(22-8-12-45-13-9-22)14-21-15-27-32(40-24-4-5-30(37)28(35)17-24)23(18-38)19-39-33(27)29(36)16-21/h4-5,8,15-17,19-20,25-26H,6-7,9-14H2,1-3H3,(H,39,40)/t26-/m0/s1. The SMILES string of the molecule is CC(C)(C)N1CCC(n2cc([C@@H](Cc3cc(Cl)c4ncc(C#N)c(Nc5ccc(F)c(Cl)c5)c4c3)C3=CCOCC3)nn2)CC1. The topological polar surface area (TPSA) is 91.9 Å². The van der Waals surface area contributed by atoms with Crippen LogP contribution in [0, 0.1) is 17.1 Å². The van der Waals surface area contributed by atoms with Crippen molar-refractivity contribution in [2.45, 2.75) is 64.0 Å². The van der Waals surface area contributed by atoms with Gasteiger partial charge in [-0.05, 0) is 82.3 Å². The second kappa shape index (κ2) is 13.1. The van der Waals surface area contributed by atoms with Gasteiger partial charge in [0.1, 0.15) is 11.9 Å². The number of piperidine rings is 1. The van der Waals surface area contributed by atoms with Crippen LogP contribution in [0.25, 0.3) is 10.9 Å². The average molecular weight is 649 g/mol. The van der Waals surface area contributed by atoms with Crippen LogP contribution in [-0.2, 0) is 11.2 Å². The molecular formula is C34H36Cl2FN7O. The number of nitrogens with one attached hydrogen (secondary N) is 1. The van der Waals surface area contributed by atoms with Crippen molar-refractivity contribution in [2.75, 3.05) is 31.6 Å². The highest BCUT2D eigenvalue weighted by Crippen LogP contribution is 2.38. The summed E-state index contributed by atoms with van der Waals surface area (Å²) in [7, 11) is 0. The first kappa shape index (κ1) is 31.4. The fraction of sp³-hybridized carbons (Fsp3) is 0.412. The molecule has 1 fully saturated rings. The van der Waals surface area contributed by atoms with Gasteiger partial charge < -0.3 is 10.1 Å². The number of anilines is 2. The lowest BCUT2D eigenvalue weighted by Crippen LogP contribution is -2.46. The van der Waals surface area contributed by atoms with Crippen molar-refractivity contribution in [3.8, 4) is 6.07 Å². The zero-order chi connectivity index (χ0) is 31.7. The molecule has 11 heteroatoms. The summed E-state index contributed by atoms with van der Waals surface area (Å²) in [5.74, 6) is -0.543. The van der Waals surface area contributed by atoms with Gasteiger partial charge in [0.15, 0.2) is 0 Å². The van der Waals surface area contributed by atoms with Crippen molar-refractivity contribution in [1.29, 1.82) is 5.26 Å². The van der Waals surface area contributed by atoms with Gasteiger partial charge in [0.05, 0.1) is 51.8 Å². The van der Waals surface area contributed by atoms with E-state index in [1.165, 1.54) is 23.9 Å². The average Bonchev–Trinajstić information content (AvgIpc) is 3.52. The van der Waals surface area contributed by atoms with Crippen molar-refractivity contribution in [3.05, 3.63) is 87.1 Å². The quantitative estimate of drug-likeness (QED) is 0.203. The number of benzene rings is 2. The molecule has 8 nitrogen and oxygen atoms in total. The Morgan fingerprint density at radius 2 is 1.96 bits per heavy atom. The van der Waals surface area contributed by atoms with Crippen LogP contribution < -0.4 is 5.32 Å². The highest BCUT2D eigenvalue weighted by molar-refractivity contribution is 6.35. The van der Waals surface area contributed by atoms with Gasteiger partial charge in [-0.2, -0.15) is 5.26 Å². The molecule has 1 saturated heterocycles. The number of hydrogen-bond acceptors (Lipinski definition) is 7. The smallest absolute Gasteiger partial charge is 0.141 e. The Labute approximate surface area is 272 Å². The van der Waals surface area contributed by atoms with Gasteiger partial charge in [-0.3, -0.25) is 9.88 Å². The lowest BCUT2D eigenvalue weighted by Gasteiger charge is -2.40. The van der Waals surface area contributed by atoms with Gasteiger partial charge in [0, 0.05) is 48.0 Å². The van der Waals surface area contributed by atoms with E-state index in [0.717, 1.165) is 43.6 Å². The minimum Gasteiger partial charge on any atom is -0.377 e. The molecule has 1 N–H and O–H groups in total. The summed E-state index contributed by atoms with van der Waals surface area (Å²) in [5, 5.41) is 23.7. The Kier molecular flexibility index (Phi) is 9.12.